The summed E-state index contributed by atoms with van der Waals surface area (Å²) >= 11 is 3.41. The van der Waals surface area contributed by atoms with Gasteiger partial charge in [-0.1, -0.05) is 40.2 Å². The van der Waals surface area contributed by atoms with Crippen molar-refractivity contribution < 1.29 is 17.6 Å². The van der Waals surface area contributed by atoms with Crippen LogP contribution in [0.25, 0.3) is 0 Å². The second-order valence-electron chi connectivity index (χ2n) is 6.55. The van der Waals surface area contributed by atoms with Crippen molar-refractivity contribution in [3.63, 3.8) is 0 Å². The fourth-order valence-corrected chi connectivity index (χ4v) is 4.96. The summed E-state index contributed by atoms with van der Waals surface area (Å²) in [6.45, 7) is 2.61. The van der Waals surface area contributed by atoms with E-state index in [1.807, 2.05) is 31.2 Å². The molecule has 2 amide bonds. The number of amides is 2. The van der Waals surface area contributed by atoms with E-state index in [0.29, 0.717) is 0 Å². The van der Waals surface area contributed by atoms with Crippen molar-refractivity contribution in [1.29, 1.82) is 0 Å². The number of hydrogen-bond acceptors (Lipinski definition) is 3. The van der Waals surface area contributed by atoms with Gasteiger partial charge in [0.15, 0.2) is 0 Å². The van der Waals surface area contributed by atoms with Gasteiger partial charge in [-0.25, -0.2) is 17.6 Å². The Bertz CT molecular complexity index is 962. The van der Waals surface area contributed by atoms with E-state index in [9.17, 15) is 17.6 Å². The van der Waals surface area contributed by atoms with Gasteiger partial charge in [0.2, 0.25) is 10.0 Å². The summed E-state index contributed by atoms with van der Waals surface area (Å²) in [7, 11) is -3.92. The van der Waals surface area contributed by atoms with Crippen LogP contribution in [0.3, 0.4) is 0 Å². The van der Waals surface area contributed by atoms with Crippen LogP contribution < -0.4 is 5.32 Å². The van der Waals surface area contributed by atoms with E-state index < -0.39 is 15.8 Å². The van der Waals surface area contributed by atoms with Gasteiger partial charge in [0, 0.05) is 30.7 Å². The first-order chi connectivity index (χ1) is 13.3. The zero-order valence-electron chi connectivity index (χ0n) is 15.3. The number of sulfonamides is 1. The number of carbonyl (C=O) groups is 1. The van der Waals surface area contributed by atoms with Gasteiger partial charge < -0.3 is 10.2 Å². The number of nitrogens with zero attached hydrogens (tertiary/aromatic N) is 2. The molecule has 2 aromatic rings. The molecule has 1 aliphatic rings. The smallest absolute Gasteiger partial charge is 0.317 e. The van der Waals surface area contributed by atoms with Crippen LogP contribution in [-0.2, 0) is 10.0 Å². The van der Waals surface area contributed by atoms with Crippen molar-refractivity contribution in [2.45, 2.75) is 17.9 Å². The van der Waals surface area contributed by atoms with Gasteiger partial charge in [-0.05, 0) is 36.8 Å². The van der Waals surface area contributed by atoms with Crippen LogP contribution in [0.1, 0.15) is 18.5 Å². The fourth-order valence-electron chi connectivity index (χ4n) is 3.06. The largest absolute Gasteiger partial charge is 0.331 e. The maximum atomic E-state index is 13.9. The van der Waals surface area contributed by atoms with Crippen molar-refractivity contribution in [2.75, 3.05) is 26.2 Å². The number of piperazine rings is 1. The minimum absolute atomic E-state index is 0.120. The maximum absolute atomic E-state index is 13.9. The van der Waals surface area contributed by atoms with Crippen LogP contribution in [0.15, 0.2) is 57.9 Å². The molecule has 6 nitrogen and oxygen atoms in total. The highest BCUT2D eigenvalue weighted by Gasteiger charge is 2.32. The number of urea groups is 1. The van der Waals surface area contributed by atoms with Gasteiger partial charge in [-0.15, -0.1) is 0 Å². The first-order valence-corrected chi connectivity index (χ1v) is 11.1. The second-order valence-corrected chi connectivity index (χ2v) is 9.37. The lowest BCUT2D eigenvalue weighted by Gasteiger charge is -2.34. The Labute approximate surface area is 172 Å². The first kappa shape index (κ1) is 20.8. The van der Waals surface area contributed by atoms with E-state index in [-0.39, 0.29) is 43.1 Å². The van der Waals surface area contributed by atoms with Crippen molar-refractivity contribution in [2.24, 2.45) is 0 Å². The fraction of sp³-hybridized carbons (Fsp3) is 0.316. The number of carbonyl (C=O) groups excluding carboxylic acids is 1. The van der Waals surface area contributed by atoms with E-state index in [4.69, 9.17) is 0 Å². The molecule has 1 heterocycles. The summed E-state index contributed by atoms with van der Waals surface area (Å²) in [4.78, 5) is 13.8. The Morgan fingerprint density at radius 3 is 2.43 bits per heavy atom. The van der Waals surface area contributed by atoms with Crippen LogP contribution in [0.2, 0.25) is 0 Å². The molecule has 0 bridgehead atoms. The zero-order chi connectivity index (χ0) is 20.3. The molecule has 2 aromatic carbocycles. The highest BCUT2D eigenvalue weighted by atomic mass is 79.9. The number of nitrogens with one attached hydrogen (secondary N) is 1. The Balaban J connectivity index is 1.60. The average molecular weight is 470 g/mol. The summed E-state index contributed by atoms with van der Waals surface area (Å²) in [6.07, 6.45) is 0. The third-order valence-corrected chi connectivity index (χ3v) is 7.09. The van der Waals surface area contributed by atoms with Gasteiger partial charge in [-0.2, -0.15) is 4.31 Å². The Hall–Kier alpha value is -1.97. The summed E-state index contributed by atoms with van der Waals surface area (Å²) in [5.74, 6) is -0.773. The molecule has 150 valence electrons. The van der Waals surface area contributed by atoms with Crippen molar-refractivity contribution >= 4 is 32.0 Å². The zero-order valence-corrected chi connectivity index (χ0v) is 17.7. The van der Waals surface area contributed by atoms with Crippen LogP contribution >= 0.6 is 15.9 Å². The number of hydrogen-bond donors (Lipinski definition) is 1. The quantitative estimate of drug-likeness (QED) is 0.745. The van der Waals surface area contributed by atoms with Gasteiger partial charge >= 0.3 is 6.03 Å². The molecule has 3 rings (SSSR count). The van der Waals surface area contributed by atoms with Crippen LogP contribution in [-0.4, -0.2) is 49.8 Å². The third-order valence-electron chi connectivity index (χ3n) is 4.67. The van der Waals surface area contributed by atoms with Gasteiger partial charge in [0.1, 0.15) is 10.7 Å². The number of halogens is 2. The minimum Gasteiger partial charge on any atom is -0.331 e. The molecule has 28 heavy (non-hydrogen) atoms. The molecular weight excluding hydrogens is 449 g/mol. The Morgan fingerprint density at radius 1 is 1.11 bits per heavy atom. The molecule has 0 aliphatic carbocycles. The summed E-state index contributed by atoms with van der Waals surface area (Å²) < 4.78 is 41.3. The van der Waals surface area contributed by atoms with Crippen LogP contribution in [0, 0.1) is 5.82 Å². The molecule has 1 aliphatic heterocycles. The molecular formula is C19H21BrFN3O3S. The van der Waals surface area contributed by atoms with Crippen LogP contribution in [0.5, 0.6) is 0 Å². The molecule has 1 fully saturated rings. The molecule has 0 saturated carbocycles. The molecule has 9 heteroatoms. The van der Waals surface area contributed by atoms with E-state index >= 15 is 0 Å². The normalized spacial score (nSPS) is 16.6. The molecule has 1 N–H and O–H groups in total. The van der Waals surface area contributed by atoms with Gasteiger partial charge in [0.25, 0.3) is 0 Å². The molecule has 1 atom stereocenters. The second kappa shape index (κ2) is 8.59. The van der Waals surface area contributed by atoms with Crippen molar-refractivity contribution in [3.8, 4) is 0 Å². The van der Waals surface area contributed by atoms with E-state index in [2.05, 4.69) is 21.2 Å². The van der Waals surface area contributed by atoms with Crippen molar-refractivity contribution in [1.82, 2.24) is 14.5 Å². The summed E-state index contributed by atoms with van der Waals surface area (Å²) in [6, 6.07) is 12.5. The van der Waals surface area contributed by atoms with Gasteiger partial charge in [0.05, 0.1) is 6.04 Å². The van der Waals surface area contributed by atoms with Gasteiger partial charge in [-0.3, -0.25) is 0 Å². The predicted octanol–water partition coefficient (Wildman–Crippen LogP) is 3.37. The standard InChI is InChI=1S/C19H21BrFN3O3S/c1-14(15-5-4-6-16(20)13-15)22-19(25)23-9-11-24(12-10-23)28(26,27)18-8-3-2-7-17(18)21/h2-8,13-14H,9-12H2,1H3,(H,22,25). The SMILES string of the molecule is CC(NC(=O)N1CCN(S(=O)(=O)c2ccccc2F)CC1)c1cccc(Br)c1. The predicted molar refractivity (Wildman–Crippen MR) is 108 cm³/mol. The van der Waals surface area contributed by atoms with Crippen LogP contribution in [0.4, 0.5) is 9.18 Å². The molecule has 0 spiro atoms. The van der Waals surface area contributed by atoms with Crippen molar-refractivity contribution in [3.05, 3.63) is 64.4 Å². The molecule has 0 aromatic heterocycles. The highest BCUT2D eigenvalue weighted by molar-refractivity contribution is 9.10. The maximum Gasteiger partial charge on any atom is 0.317 e. The minimum atomic E-state index is -3.92. The third kappa shape index (κ3) is 4.53. The van der Waals surface area contributed by atoms with E-state index in [1.165, 1.54) is 22.5 Å². The monoisotopic (exact) mass is 469 g/mol. The summed E-state index contributed by atoms with van der Waals surface area (Å²) in [5.41, 5.74) is 0.962. The lowest BCUT2D eigenvalue weighted by molar-refractivity contribution is 0.169. The Kier molecular flexibility index (Phi) is 6.36. The number of rotatable bonds is 4. The average Bonchev–Trinajstić information content (AvgIpc) is 2.68. The lowest BCUT2D eigenvalue weighted by atomic mass is 10.1. The summed E-state index contributed by atoms with van der Waals surface area (Å²) in [5, 5.41) is 2.93. The topological polar surface area (TPSA) is 69.7 Å². The molecule has 1 saturated heterocycles. The Morgan fingerprint density at radius 2 is 1.79 bits per heavy atom. The first-order valence-electron chi connectivity index (χ1n) is 8.84. The number of benzene rings is 2. The van der Waals surface area contributed by atoms with E-state index in [1.54, 1.807) is 4.90 Å². The molecule has 0 radical (unpaired) electrons. The lowest BCUT2D eigenvalue weighted by Crippen LogP contribution is -2.53. The molecule has 1 unspecified atom stereocenters. The highest BCUT2D eigenvalue weighted by Crippen LogP contribution is 2.21. The van der Waals surface area contributed by atoms with E-state index in [0.717, 1.165) is 16.1 Å².